The first-order chi connectivity index (χ1) is 32.4. The molecule has 8 rings (SSSR count). The van der Waals surface area contributed by atoms with Crippen LogP contribution in [0.2, 0.25) is 0 Å². The van der Waals surface area contributed by atoms with Crippen molar-refractivity contribution in [3.05, 3.63) is 140 Å². The highest BCUT2D eigenvalue weighted by molar-refractivity contribution is 7.90. The smallest absolute Gasteiger partial charge is 0.309 e. The van der Waals surface area contributed by atoms with E-state index >= 15 is 0 Å². The lowest BCUT2D eigenvalue weighted by molar-refractivity contribution is 0.255. The van der Waals surface area contributed by atoms with Gasteiger partial charge in [-0.25, -0.2) is 39.0 Å². The number of rotatable bonds is 10. The summed E-state index contributed by atoms with van der Waals surface area (Å²) in [6.07, 6.45) is 12.0. The van der Waals surface area contributed by atoms with Gasteiger partial charge in [0.25, 0.3) is 31.2 Å². The van der Waals surface area contributed by atoms with Crippen molar-refractivity contribution in [1.29, 1.82) is 10.5 Å². The number of aryl methyl sites for hydroxylation is 2. The van der Waals surface area contributed by atoms with Crippen molar-refractivity contribution in [1.82, 2.24) is 38.5 Å². The fraction of sp³-hybridized carbons (Fsp3) is 0.261. The van der Waals surface area contributed by atoms with Crippen LogP contribution in [0.1, 0.15) is 86.3 Å². The van der Waals surface area contributed by atoms with Crippen LogP contribution in [0.3, 0.4) is 0 Å². The molecule has 4 aromatic heterocycles. The molecule has 0 aliphatic heterocycles. The molecule has 0 radical (unpaired) electrons. The second-order valence-electron chi connectivity index (χ2n) is 16.3. The zero-order chi connectivity index (χ0) is 48.9. The van der Waals surface area contributed by atoms with E-state index in [1.54, 1.807) is 52.0 Å². The van der Waals surface area contributed by atoms with Gasteiger partial charge in [0.2, 0.25) is 0 Å². The third-order valence-corrected chi connectivity index (χ3v) is 13.6. The minimum atomic E-state index is -4.34. The van der Waals surface area contributed by atoms with Gasteiger partial charge in [-0.3, -0.25) is 9.59 Å². The lowest BCUT2D eigenvalue weighted by Gasteiger charge is -2.17. The van der Waals surface area contributed by atoms with E-state index in [4.69, 9.17) is 0 Å². The lowest BCUT2D eigenvalue weighted by atomic mass is 9.97. The van der Waals surface area contributed by atoms with Crippen LogP contribution in [0.4, 0.5) is 21.0 Å². The molecule has 0 saturated carbocycles. The molecule has 2 aromatic carbocycles. The molecule has 0 unspecified atom stereocenters. The molecule has 4 amide bonds. The number of hydrogen-bond donors (Lipinski definition) is 4. The maximum Gasteiger partial charge on any atom is 0.333 e. The van der Waals surface area contributed by atoms with E-state index < -0.39 is 53.3 Å². The van der Waals surface area contributed by atoms with Crippen LogP contribution in [-0.2, 0) is 45.7 Å². The standard InChI is InChI=1S/2C23H22N6O4S/c2*1-14(2)29-13-20(26-12-21(29)30)34(32,33)28-23(31)27-22-18-5-3-4-15(18)6-7-19(22)16-8-9-25-17(10-16)11-24/h2*6-10,12-14H,3-5H2,1-2H3,(H2,27,28,31). The molecule has 20 nitrogen and oxygen atoms in total. The molecular weight excluding hydrogens is 913 g/mol. The van der Waals surface area contributed by atoms with Crippen molar-refractivity contribution in [2.45, 2.75) is 88.4 Å². The number of nitrogens with one attached hydrogen (secondary N) is 4. The number of amides is 4. The Labute approximate surface area is 390 Å². The minimum absolute atomic E-state index is 0.224. The molecule has 2 aliphatic rings. The number of hydrogen-bond acceptors (Lipinski definition) is 14. The normalized spacial score (nSPS) is 12.8. The van der Waals surface area contributed by atoms with Gasteiger partial charge in [-0.15, -0.1) is 0 Å². The Balaban J connectivity index is 0.000000201. The third kappa shape index (κ3) is 10.5. The number of nitriles is 2. The van der Waals surface area contributed by atoms with Crippen LogP contribution in [-0.4, -0.2) is 58.0 Å². The summed E-state index contributed by atoms with van der Waals surface area (Å²) in [5.41, 5.74) is 7.16. The van der Waals surface area contributed by atoms with Crippen molar-refractivity contribution in [3.63, 3.8) is 0 Å². The Kier molecular flexibility index (Phi) is 13.9. The fourth-order valence-electron chi connectivity index (χ4n) is 7.93. The summed E-state index contributed by atoms with van der Waals surface area (Å²) in [6.45, 7) is 6.91. The van der Waals surface area contributed by atoms with Crippen molar-refractivity contribution < 1.29 is 26.4 Å². The van der Waals surface area contributed by atoms with Crippen LogP contribution in [0.5, 0.6) is 0 Å². The number of carbonyl (C=O) groups excluding carboxylic acids is 2. The molecule has 0 bridgehead atoms. The van der Waals surface area contributed by atoms with E-state index in [1.165, 1.54) is 21.5 Å². The van der Waals surface area contributed by atoms with E-state index in [0.717, 1.165) is 85.6 Å². The predicted molar refractivity (Wildman–Crippen MR) is 249 cm³/mol. The molecule has 0 atom stereocenters. The van der Waals surface area contributed by atoms with Crippen molar-refractivity contribution in [3.8, 4) is 34.4 Å². The molecule has 0 saturated heterocycles. The van der Waals surface area contributed by atoms with Gasteiger partial charge in [0, 0.05) is 48.0 Å². The summed E-state index contributed by atoms with van der Waals surface area (Å²) < 4.78 is 57.6. The van der Waals surface area contributed by atoms with Crippen LogP contribution in [0, 0.1) is 22.7 Å². The SMILES string of the molecule is CC(C)n1cc(S(=O)(=O)NC(=O)Nc2c(-c3ccnc(C#N)c3)ccc3c2CCC3)ncc1=O.CC(C)n1cc(S(=O)(=O)NC(=O)Nc2c(-c3ccnc(C#N)c3)ccc3c2CCC3)ncc1=O. The van der Waals surface area contributed by atoms with Crippen molar-refractivity contribution >= 4 is 43.5 Å². The number of carbonyl (C=O) groups is 2. The van der Waals surface area contributed by atoms with E-state index in [2.05, 4.69) is 30.6 Å². The van der Waals surface area contributed by atoms with Gasteiger partial charge in [0.1, 0.15) is 23.5 Å². The number of benzene rings is 2. The minimum Gasteiger partial charge on any atom is -0.309 e. The monoisotopic (exact) mass is 956 g/mol. The Hall–Kier alpha value is -8.08. The summed E-state index contributed by atoms with van der Waals surface area (Å²) in [4.78, 5) is 64.8. The predicted octanol–water partition coefficient (Wildman–Crippen LogP) is 5.51. The highest BCUT2D eigenvalue weighted by atomic mass is 32.2. The lowest BCUT2D eigenvalue weighted by Crippen LogP contribution is -2.36. The number of urea groups is 2. The Morgan fingerprint density at radius 3 is 1.37 bits per heavy atom. The molecule has 348 valence electrons. The molecule has 68 heavy (non-hydrogen) atoms. The summed E-state index contributed by atoms with van der Waals surface area (Å²) in [6, 6.07) is 15.8. The molecular formula is C46H44N12O8S2. The largest absolute Gasteiger partial charge is 0.333 e. The van der Waals surface area contributed by atoms with Gasteiger partial charge in [-0.05, 0) is 124 Å². The second kappa shape index (κ2) is 19.8. The van der Waals surface area contributed by atoms with E-state index in [-0.39, 0.29) is 23.5 Å². The molecule has 0 fully saturated rings. The van der Waals surface area contributed by atoms with Crippen LogP contribution < -0.4 is 31.2 Å². The van der Waals surface area contributed by atoms with E-state index in [9.17, 15) is 46.5 Å². The molecule has 0 spiro atoms. The van der Waals surface area contributed by atoms with Crippen LogP contribution in [0.25, 0.3) is 22.3 Å². The maximum atomic E-state index is 12.8. The van der Waals surface area contributed by atoms with Crippen LogP contribution >= 0.6 is 0 Å². The van der Waals surface area contributed by atoms with Crippen molar-refractivity contribution in [2.75, 3.05) is 10.6 Å². The summed E-state index contributed by atoms with van der Waals surface area (Å²) in [5, 5.41) is 22.9. The number of nitrogens with zero attached hydrogens (tertiary/aromatic N) is 8. The number of sulfonamides is 2. The van der Waals surface area contributed by atoms with Crippen LogP contribution in [0.15, 0.2) is 105 Å². The number of aromatic nitrogens is 6. The Morgan fingerprint density at radius 1 is 0.603 bits per heavy atom. The van der Waals surface area contributed by atoms with E-state index in [1.807, 2.05) is 45.8 Å². The molecule has 4 heterocycles. The van der Waals surface area contributed by atoms with Gasteiger partial charge in [-0.1, -0.05) is 24.3 Å². The van der Waals surface area contributed by atoms with Gasteiger partial charge >= 0.3 is 12.1 Å². The maximum absolute atomic E-state index is 12.8. The summed E-state index contributed by atoms with van der Waals surface area (Å²) >= 11 is 0. The third-order valence-electron chi connectivity index (χ3n) is 11.1. The number of fused-ring (bicyclic) bond motifs is 2. The highest BCUT2D eigenvalue weighted by Crippen LogP contribution is 2.39. The van der Waals surface area contributed by atoms with E-state index in [0.29, 0.717) is 33.6 Å². The Bertz CT molecular complexity index is 3200. The molecule has 6 aromatic rings. The fourth-order valence-corrected chi connectivity index (χ4v) is 9.62. The molecule has 22 heteroatoms. The topological polar surface area (TPSA) is 294 Å². The first-order valence-corrected chi connectivity index (χ1v) is 24.2. The average Bonchev–Trinajstić information content (AvgIpc) is 4.00. The van der Waals surface area contributed by atoms with Gasteiger partial charge < -0.3 is 19.8 Å². The Morgan fingerprint density at radius 2 is 1.00 bits per heavy atom. The second-order valence-corrected chi connectivity index (χ2v) is 19.5. The summed E-state index contributed by atoms with van der Waals surface area (Å²) in [5.74, 6) is 0. The highest BCUT2D eigenvalue weighted by Gasteiger charge is 2.27. The number of anilines is 2. The average molecular weight is 957 g/mol. The van der Waals surface area contributed by atoms with Crippen molar-refractivity contribution in [2.24, 2.45) is 0 Å². The number of pyridine rings is 2. The zero-order valence-corrected chi connectivity index (χ0v) is 38.8. The quantitative estimate of drug-likeness (QED) is 0.132. The first kappa shape index (κ1) is 47.9. The van der Waals surface area contributed by atoms with Gasteiger partial charge in [0.15, 0.2) is 10.1 Å². The zero-order valence-electron chi connectivity index (χ0n) is 37.1. The first-order valence-electron chi connectivity index (χ1n) is 21.3. The summed E-state index contributed by atoms with van der Waals surface area (Å²) in [7, 11) is -8.68. The van der Waals surface area contributed by atoms with Gasteiger partial charge in [0.05, 0.1) is 23.8 Å². The van der Waals surface area contributed by atoms with Gasteiger partial charge in [-0.2, -0.15) is 27.4 Å². The molecule has 4 N–H and O–H groups in total. The molecule has 2 aliphatic carbocycles.